The number of hydrogen-bond donors (Lipinski definition) is 0. The van der Waals surface area contributed by atoms with Crippen molar-refractivity contribution in [3.8, 4) is 34.0 Å². The second-order valence-electron chi connectivity index (χ2n) is 9.30. The molecule has 0 unspecified atom stereocenters. The van der Waals surface area contributed by atoms with Crippen LogP contribution in [-0.4, -0.2) is 14.8 Å². The van der Waals surface area contributed by atoms with Gasteiger partial charge in [-0.2, -0.15) is 18.3 Å². The number of alkyl halides is 3. The molecule has 0 saturated heterocycles. The lowest BCUT2D eigenvalue weighted by Crippen LogP contribution is -2.08. The summed E-state index contributed by atoms with van der Waals surface area (Å²) in [5.74, 6) is 0.587. The quantitative estimate of drug-likeness (QED) is 0.194. The molecule has 0 fully saturated rings. The molecule has 0 N–H and O–H groups in total. The van der Waals surface area contributed by atoms with E-state index >= 15 is 0 Å². The first kappa shape index (κ1) is 26.9. The maximum Gasteiger partial charge on any atom is 0.417 e. The number of hydrogen-bond acceptors (Lipinski definition) is 3. The summed E-state index contributed by atoms with van der Waals surface area (Å²) in [5.41, 5.74) is 1.93. The van der Waals surface area contributed by atoms with Crippen molar-refractivity contribution in [2.75, 3.05) is 0 Å². The predicted octanol–water partition coefficient (Wildman–Crippen LogP) is 9.66. The van der Waals surface area contributed by atoms with E-state index in [1.807, 2.05) is 30.3 Å². The van der Waals surface area contributed by atoms with Crippen LogP contribution in [-0.2, 0) is 12.8 Å². The zero-order chi connectivity index (χ0) is 28.6. The molecule has 0 aliphatic carbocycles. The standard InChI is InChI=1S/C32H20Cl2F3N3O/c33-23-13-9-22(10-14-23)30-29-27(32(35,36)37)18-28(38-31(29)40(39-30)25-8-4-7-24(34)17-25)21-11-15-26(16-12-21)41-19-20-5-2-1-3-6-20/h1-18H,19H2. The molecule has 0 saturated carbocycles. The van der Waals surface area contributed by atoms with Crippen LogP contribution in [0.2, 0.25) is 10.0 Å². The Hall–Kier alpha value is -4.33. The van der Waals surface area contributed by atoms with Crippen molar-refractivity contribution in [3.05, 3.63) is 130 Å². The van der Waals surface area contributed by atoms with Gasteiger partial charge in [0.2, 0.25) is 0 Å². The molecular weight excluding hydrogens is 570 g/mol. The highest BCUT2D eigenvalue weighted by atomic mass is 35.5. The highest BCUT2D eigenvalue weighted by molar-refractivity contribution is 6.31. The molecular formula is C32H20Cl2F3N3O. The number of fused-ring (bicyclic) bond motifs is 1. The summed E-state index contributed by atoms with van der Waals surface area (Å²) in [6.45, 7) is 0.370. The lowest BCUT2D eigenvalue weighted by Gasteiger charge is -2.13. The SMILES string of the molecule is FC(F)(F)c1cc(-c2ccc(OCc3ccccc3)cc2)nc2c1c(-c1ccc(Cl)cc1)nn2-c1cccc(Cl)c1. The van der Waals surface area contributed by atoms with Crippen molar-refractivity contribution >= 4 is 34.2 Å². The molecule has 0 radical (unpaired) electrons. The van der Waals surface area contributed by atoms with E-state index < -0.39 is 11.7 Å². The predicted molar refractivity (Wildman–Crippen MR) is 156 cm³/mol. The van der Waals surface area contributed by atoms with Crippen molar-refractivity contribution in [1.29, 1.82) is 0 Å². The topological polar surface area (TPSA) is 39.9 Å². The summed E-state index contributed by atoms with van der Waals surface area (Å²) in [5, 5.41) is 5.36. The molecule has 0 atom stereocenters. The van der Waals surface area contributed by atoms with Crippen LogP contribution in [0.3, 0.4) is 0 Å². The Morgan fingerprint density at radius 2 is 1.44 bits per heavy atom. The molecule has 0 aliphatic rings. The summed E-state index contributed by atoms with van der Waals surface area (Å²) in [4.78, 5) is 4.70. The summed E-state index contributed by atoms with van der Waals surface area (Å²) < 4.78 is 51.2. The number of rotatable bonds is 6. The van der Waals surface area contributed by atoms with Crippen LogP contribution in [0, 0.1) is 0 Å². The minimum atomic E-state index is -4.68. The van der Waals surface area contributed by atoms with E-state index in [-0.39, 0.29) is 22.4 Å². The second-order valence-corrected chi connectivity index (χ2v) is 10.2. The molecule has 6 aromatic rings. The largest absolute Gasteiger partial charge is 0.489 e. The van der Waals surface area contributed by atoms with Gasteiger partial charge in [-0.3, -0.25) is 0 Å². The third-order valence-corrected chi connectivity index (χ3v) is 7.00. The fourth-order valence-electron chi connectivity index (χ4n) is 4.55. The van der Waals surface area contributed by atoms with Gasteiger partial charge in [0.15, 0.2) is 5.65 Å². The lowest BCUT2D eigenvalue weighted by molar-refractivity contribution is -0.136. The monoisotopic (exact) mass is 589 g/mol. The molecule has 41 heavy (non-hydrogen) atoms. The van der Waals surface area contributed by atoms with Crippen LogP contribution in [0.25, 0.3) is 39.2 Å². The zero-order valence-corrected chi connectivity index (χ0v) is 22.8. The summed E-state index contributed by atoms with van der Waals surface area (Å²) in [7, 11) is 0. The Bertz CT molecular complexity index is 1840. The first-order valence-corrected chi connectivity index (χ1v) is 13.3. The summed E-state index contributed by atoms with van der Waals surface area (Å²) >= 11 is 12.3. The molecule has 0 bridgehead atoms. The average Bonchev–Trinajstić information content (AvgIpc) is 3.36. The molecule has 2 aromatic heterocycles. The fraction of sp³-hybridized carbons (Fsp3) is 0.0625. The van der Waals surface area contributed by atoms with Gasteiger partial charge in [0.25, 0.3) is 0 Å². The van der Waals surface area contributed by atoms with Gasteiger partial charge in [-0.1, -0.05) is 71.7 Å². The second kappa shape index (κ2) is 10.9. The van der Waals surface area contributed by atoms with Gasteiger partial charge in [-0.25, -0.2) is 9.67 Å². The molecule has 9 heteroatoms. The van der Waals surface area contributed by atoms with Gasteiger partial charge >= 0.3 is 6.18 Å². The first-order chi connectivity index (χ1) is 19.8. The van der Waals surface area contributed by atoms with Gasteiger partial charge in [0.05, 0.1) is 22.3 Å². The molecule has 0 amide bonds. The number of pyridine rings is 1. The minimum Gasteiger partial charge on any atom is -0.489 e. The van der Waals surface area contributed by atoms with Crippen molar-refractivity contribution in [1.82, 2.24) is 14.8 Å². The summed E-state index contributed by atoms with van der Waals surface area (Å²) in [6.07, 6.45) is -4.68. The molecule has 204 valence electrons. The van der Waals surface area contributed by atoms with Gasteiger partial charge in [-0.05, 0) is 66.2 Å². The lowest BCUT2D eigenvalue weighted by atomic mass is 10.0. The molecule has 0 aliphatic heterocycles. The third kappa shape index (κ3) is 5.64. The number of aromatic nitrogens is 3. The van der Waals surface area contributed by atoms with Crippen molar-refractivity contribution < 1.29 is 17.9 Å². The van der Waals surface area contributed by atoms with Crippen LogP contribution >= 0.6 is 23.2 Å². The first-order valence-electron chi connectivity index (χ1n) is 12.6. The van der Waals surface area contributed by atoms with E-state index in [0.717, 1.165) is 11.6 Å². The van der Waals surface area contributed by atoms with Crippen LogP contribution in [0.4, 0.5) is 13.2 Å². The van der Waals surface area contributed by atoms with Crippen LogP contribution in [0.5, 0.6) is 5.75 Å². The maximum atomic E-state index is 14.6. The number of halogens is 5. The maximum absolute atomic E-state index is 14.6. The number of nitrogens with zero attached hydrogens (tertiary/aromatic N) is 3. The van der Waals surface area contributed by atoms with E-state index in [1.165, 1.54) is 4.68 Å². The van der Waals surface area contributed by atoms with Gasteiger partial charge in [0.1, 0.15) is 18.1 Å². The molecule has 0 spiro atoms. The van der Waals surface area contributed by atoms with Crippen LogP contribution < -0.4 is 4.74 Å². The van der Waals surface area contributed by atoms with Crippen LogP contribution in [0.15, 0.2) is 109 Å². The Labute approximate surface area is 243 Å². The molecule has 4 nitrogen and oxygen atoms in total. The van der Waals surface area contributed by atoms with E-state index in [4.69, 9.17) is 32.9 Å². The van der Waals surface area contributed by atoms with Gasteiger partial charge in [-0.15, -0.1) is 0 Å². The minimum absolute atomic E-state index is 0.0476. The highest BCUT2D eigenvalue weighted by Crippen LogP contribution is 2.42. The Balaban J connectivity index is 1.50. The number of ether oxygens (including phenoxy) is 1. The Morgan fingerprint density at radius 3 is 2.12 bits per heavy atom. The third-order valence-electron chi connectivity index (χ3n) is 6.51. The van der Waals surface area contributed by atoms with E-state index in [2.05, 4.69) is 5.10 Å². The normalized spacial score (nSPS) is 11.6. The molecule has 6 rings (SSSR count). The number of benzene rings is 4. The Kier molecular flexibility index (Phi) is 7.15. The van der Waals surface area contributed by atoms with Crippen molar-refractivity contribution in [2.45, 2.75) is 12.8 Å². The average molecular weight is 590 g/mol. The van der Waals surface area contributed by atoms with E-state index in [0.29, 0.717) is 39.2 Å². The smallest absolute Gasteiger partial charge is 0.417 e. The molecule has 2 heterocycles. The van der Waals surface area contributed by atoms with Gasteiger partial charge in [0, 0.05) is 21.2 Å². The summed E-state index contributed by atoms with van der Waals surface area (Å²) in [6, 6.07) is 30.7. The Morgan fingerprint density at radius 1 is 0.732 bits per heavy atom. The van der Waals surface area contributed by atoms with Crippen molar-refractivity contribution in [2.24, 2.45) is 0 Å². The molecule has 4 aromatic carbocycles. The fourth-order valence-corrected chi connectivity index (χ4v) is 4.86. The zero-order valence-electron chi connectivity index (χ0n) is 21.2. The highest BCUT2D eigenvalue weighted by Gasteiger charge is 2.36. The van der Waals surface area contributed by atoms with E-state index in [9.17, 15) is 13.2 Å². The van der Waals surface area contributed by atoms with Crippen molar-refractivity contribution in [3.63, 3.8) is 0 Å². The van der Waals surface area contributed by atoms with Gasteiger partial charge < -0.3 is 4.74 Å². The van der Waals surface area contributed by atoms with Crippen LogP contribution in [0.1, 0.15) is 11.1 Å². The van der Waals surface area contributed by atoms with E-state index in [1.54, 1.807) is 72.8 Å².